The summed E-state index contributed by atoms with van der Waals surface area (Å²) in [6, 6.07) is 2.04. The van der Waals surface area contributed by atoms with Crippen LogP contribution in [0.5, 0.6) is 0 Å². The number of pyridine rings is 1. The van der Waals surface area contributed by atoms with Gasteiger partial charge in [-0.25, -0.2) is 4.98 Å². The third-order valence-electron chi connectivity index (χ3n) is 1.21. The quantitative estimate of drug-likeness (QED) is 0.737. The smallest absolute Gasteiger partial charge is 0.142 e. The van der Waals surface area contributed by atoms with Crippen LogP contribution in [-0.4, -0.2) is 19.1 Å². The number of halogens is 2. The number of hydrogen-bond acceptors (Lipinski definition) is 2. The number of rotatable bonds is 1. The van der Waals surface area contributed by atoms with Crippen LogP contribution in [0.4, 0.5) is 5.82 Å². The lowest BCUT2D eigenvalue weighted by atomic mass is 10.4. The number of nitrogens with zero attached hydrogens (tertiary/aromatic N) is 2. The van der Waals surface area contributed by atoms with Crippen molar-refractivity contribution in [3.05, 3.63) is 20.3 Å². The Hall–Kier alpha value is 0.160. The molecule has 0 aliphatic carbocycles. The molecule has 0 unspecified atom stereocenters. The van der Waals surface area contributed by atoms with Crippen LogP contribution in [0.2, 0.25) is 0 Å². The highest BCUT2D eigenvalue weighted by Gasteiger charge is 2.02. The van der Waals surface area contributed by atoms with Crippen LogP contribution in [0.1, 0.15) is 0 Å². The molecule has 0 aliphatic heterocycles. The van der Waals surface area contributed by atoms with E-state index in [-0.39, 0.29) is 0 Å². The van der Waals surface area contributed by atoms with E-state index in [9.17, 15) is 0 Å². The summed E-state index contributed by atoms with van der Waals surface area (Å²) in [6.07, 6.45) is 1.85. The van der Waals surface area contributed by atoms with Gasteiger partial charge >= 0.3 is 0 Å². The molecule has 0 spiro atoms. The molecule has 0 N–H and O–H groups in total. The zero-order chi connectivity index (χ0) is 8.43. The van der Waals surface area contributed by atoms with Gasteiger partial charge in [0.25, 0.3) is 0 Å². The summed E-state index contributed by atoms with van der Waals surface area (Å²) in [5.74, 6) is 0.963. The Morgan fingerprint density at radius 3 is 2.64 bits per heavy atom. The maximum absolute atomic E-state index is 4.25. The summed E-state index contributed by atoms with van der Waals surface area (Å²) < 4.78 is 2.18. The highest BCUT2D eigenvalue weighted by molar-refractivity contribution is 14.1. The Labute approximate surface area is 88.3 Å². The van der Waals surface area contributed by atoms with Gasteiger partial charge in [-0.3, -0.25) is 0 Å². The molecule has 0 fully saturated rings. The highest BCUT2D eigenvalue weighted by atomic mass is 127. The molecule has 0 bridgehead atoms. The van der Waals surface area contributed by atoms with E-state index in [1.165, 1.54) is 0 Å². The lowest BCUT2D eigenvalue weighted by molar-refractivity contribution is 1.06. The van der Waals surface area contributed by atoms with E-state index < -0.39 is 0 Å². The molecule has 2 nitrogen and oxygen atoms in total. The van der Waals surface area contributed by atoms with Crippen LogP contribution < -0.4 is 4.90 Å². The Balaban J connectivity index is 3.09. The maximum Gasteiger partial charge on any atom is 0.142 e. The van der Waals surface area contributed by atoms with Gasteiger partial charge in [0, 0.05) is 23.9 Å². The van der Waals surface area contributed by atoms with E-state index in [2.05, 4.69) is 43.5 Å². The molecule has 11 heavy (non-hydrogen) atoms. The summed E-state index contributed by atoms with van der Waals surface area (Å²) in [6.45, 7) is 0. The Morgan fingerprint density at radius 2 is 2.18 bits per heavy atom. The van der Waals surface area contributed by atoms with E-state index >= 15 is 0 Å². The maximum atomic E-state index is 4.25. The molecular weight excluding hydrogens is 319 g/mol. The molecule has 60 valence electrons. The third-order valence-corrected chi connectivity index (χ3v) is 2.39. The molecule has 1 heterocycles. The second-order valence-corrected chi connectivity index (χ2v) is 4.45. The second-order valence-electron chi connectivity index (χ2n) is 2.35. The van der Waals surface area contributed by atoms with Gasteiger partial charge < -0.3 is 4.90 Å². The molecule has 4 heteroatoms. The standard InChI is InChI=1S/C7H8BrIN2/c1-11(2)7-6(8)3-5(9)4-10-7/h3-4H,1-2H3. The zero-order valence-electron chi connectivity index (χ0n) is 6.31. The van der Waals surface area contributed by atoms with Crippen molar-refractivity contribution in [2.24, 2.45) is 0 Å². The molecule has 0 saturated heterocycles. The largest absolute Gasteiger partial charge is 0.362 e. The van der Waals surface area contributed by atoms with Gasteiger partial charge in [0.05, 0.1) is 4.47 Å². The van der Waals surface area contributed by atoms with Crippen molar-refractivity contribution in [3.63, 3.8) is 0 Å². The van der Waals surface area contributed by atoms with E-state index in [0.717, 1.165) is 13.9 Å². The molecule has 1 aromatic rings. The summed E-state index contributed by atoms with van der Waals surface area (Å²) in [7, 11) is 3.94. The monoisotopic (exact) mass is 326 g/mol. The van der Waals surface area contributed by atoms with Crippen LogP contribution >= 0.6 is 38.5 Å². The molecule has 1 rings (SSSR count). The number of hydrogen-bond donors (Lipinski definition) is 0. The van der Waals surface area contributed by atoms with Crippen LogP contribution in [0.25, 0.3) is 0 Å². The Bertz CT molecular complexity index is 263. The highest BCUT2D eigenvalue weighted by Crippen LogP contribution is 2.23. The summed E-state index contributed by atoms with van der Waals surface area (Å²) >= 11 is 5.67. The second kappa shape index (κ2) is 3.71. The molecule has 1 aromatic heterocycles. The molecular formula is C7H8BrIN2. The molecule has 0 saturated carbocycles. The lowest BCUT2D eigenvalue weighted by Gasteiger charge is -2.12. The fourth-order valence-electron chi connectivity index (χ4n) is 0.736. The molecule has 0 aromatic carbocycles. The van der Waals surface area contributed by atoms with Crippen molar-refractivity contribution in [2.75, 3.05) is 19.0 Å². The first kappa shape index (κ1) is 9.25. The minimum atomic E-state index is 0.963. The van der Waals surface area contributed by atoms with E-state index in [4.69, 9.17) is 0 Å². The fourth-order valence-corrected chi connectivity index (χ4v) is 2.32. The van der Waals surface area contributed by atoms with Crippen molar-refractivity contribution < 1.29 is 0 Å². The number of anilines is 1. The summed E-state index contributed by atoms with van der Waals surface area (Å²) in [5, 5.41) is 0. The topological polar surface area (TPSA) is 16.1 Å². The summed E-state index contributed by atoms with van der Waals surface area (Å²) in [4.78, 5) is 6.22. The lowest BCUT2D eigenvalue weighted by Crippen LogP contribution is -2.11. The average molecular weight is 327 g/mol. The van der Waals surface area contributed by atoms with Gasteiger partial charge in [-0.1, -0.05) is 0 Å². The first-order valence-corrected chi connectivity index (χ1v) is 4.97. The zero-order valence-corrected chi connectivity index (χ0v) is 10.0. The van der Waals surface area contributed by atoms with Crippen LogP contribution in [0.15, 0.2) is 16.7 Å². The fraction of sp³-hybridized carbons (Fsp3) is 0.286. The van der Waals surface area contributed by atoms with Crippen LogP contribution in [-0.2, 0) is 0 Å². The molecule has 0 aliphatic rings. The average Bonchev–Trinajstić information content (AvgIpc) is 1.85. The minimum absolute atomic E-state index is 0.963. The predicted octanol–water partition coefficient (Wildman–Crippen LogP) is 2.51. The molecule has 0 atom stereocenters. The van der Waals surface area contributed by atoms with Crippen molar-refractivity contribution in [1.82, 2.24) is 4.98 Å². The van der Waals surface area contributed by atoms with Gasteiger partial charge in [-0.2, -0.15) is 0 Å². The van der Waals surface area contributed by atoms with E-state index in [0.29, 0.717) is 0 Å². The first-order valence-electron chi connectivity index (χ1n) is 3.09. The normalized spacial score (nSPS) is 9.82. The van der Waals surface area contributed by atoms with Gasteiger partial charge in [0.15, 0.2) is 0 Å². The predicted molar refractivity (Wildman–Crippen MR) is 59.0 cm³/mol. The van der Waals surface area contributed by atoms with Crippen molar-refractivity contribution in [1.29, 1.82) is 0 Å². The van der Waals surface area contributed by atoms with Crippen LogP contribution in [0.3, 0.4) is 0 Å². The van der Waals surface area contributed by atoms with Crippen molar-refractivity contribution >= 4 is 44.3 Å². The van der Waals surface area contributed by atoms with Crippen molar-refractivity contribution in [2.45, 2.75) is 0 Å². The molecule has 0 amide bonds. The van der Waals surface area contributed by atoms with E-state index in [1.807, 2.05) is 31.3 Å². The Morgan fingerprint density at radius 1 is 1.55 bits per heavy atom. The van der Waals surface area contributed by atoms with Crippen LogP contribution in [0, 0.1) is 3.57 Å². The van der Waals surface area contributed by atoms with Gasteiger partial charge in [-0.05, 0) is 44.6 Å². The van der Waals surface area contributed by atoms with Gasteiger partial charge in [-0.15, -0.1) is 0 Å². The summed E-state index contributed by atoms with van der Waals surface area (Å²) in [5.41, 5.74) is 0. The SMILES string of the molecule is CN(C)c1ncc(I)cc1Br. The van der Waals surface area contributed by atoms with Crippen molar-refractivity contribution in [3.8, 4) is 0 Å². The van der Waals surface area contributed by atoms with Gasteiger partial charge in [0.1, 0.15) is 5.82 Å². The Kier molecular flexibility index (Phi) is 3.12. The van der Waals surface area contributed by atoms with Gasteiger partial charge in [0.2, 0.25) is 0 Å². The minimum Gasteiger partial charge on any atom is -0.362 e. The van der Waals surface area contributed by atoms with E-state index in [1.54, 1.807) is 0 Å². The number of aromatic nitrogens is 1. The first-order chi connectivity index (χ1) is 5.11. The third kappa shape index (κ3) is 2.30. The molecule has 0 radical (unpaired) electrons.